The van der Waals surface area contributed by atoms with Gasteiger partial charge in [0.2, 0.25) is 11.8 Å². The van der Waals surface area contributed by atoms with E-state index in [0.29, 0.717) is 17.8 Å². The normalized spacial score (nSPS) is 13.8. The monoisotopic (exact) mass is 464 g/mol. The maximum Gasteiger partial charge on any atom is 0.336 e. The molecule has 2 amide bonds. The summed E-state index contributed by atoms with van der Waals surface area (Å²) < 4.78 is 10.7. The van der Waals surface area contributed by atoms with Crippen molar-refractivity contribution in [3.05, 3.63) is 64.5 Å². The number of likely N-dealkylation sites (N-methyl/N-ethyl adjacent to an activating group) is 1. The molecule has 0 aliphatic carbocycles. The predicted octanol–water partition coefficient (Wildman–Crippen LogP) is 2.66. The first-order chi connectivity index (χ1) is 16.4. The van der Waals surface area contributed by atoms with Gasteiger partial charge in [0.15, 0.2) is 0 Å². The first-order valence-corrected chi connectivity index (χ1v) is 11.1. The number of nitrogens with zero attached hydrogens (tertiary/aromatic N) is 2. The van der Waals surface area contributed by atoms with Gasteiger partial charge in [0, 0.05) is 61.1 Å². The van der Waals surface area contributed by atoms with E-state index in [2.05, 4.69) is 15.5 Å². The fourth-order valence-electron chi connectivity index (χ4n) is 4.01. The minimum Gasteiger partial charge on any atom is -0.423 e. The number of rotatable bonds is 7. The Morgan fingerprint density at radius 1 is 1.00 bits per heavy atom. The van der Waals surface area contributed by atoms with E-state index < -0.39 is 5.63 Å². The zero-order valence-electron chi connectivity index (χ0n) is 19.3. The highest BCUT2D eigenvalue weighted by atomic mass is 16.5. The summed E-state index contributed by atoms with van der Waals surface area (Å²) in [6, 6.07) is 14.4. The van der Waals surface area contributed by atoms with Crippen molar-refractivity contribution in [2.24, 2.45) is 0 Å². The van der Waals surface area contributed by atoms with Gasteiger partial charge in [-0.15, -0.1) is 0 Å². The Morgan fingerprint density at radius 2 is 1.71 bits per heavy atom. The van der Waals surface area contributed by atoms with E-state index in [-0.39, 0.29) is 18.4 Å². The smallest absolute Gasteiger partial charge is 0.336 e. The maximum atomic E-state index is 12.6. The Hall–Kier alpha value is -3.69. The number of anilines is 3. The molecule has 0 atom stereocenters. The molecule has 0 saturated carbocycles. The van der Waals surface area contributed by atoms with Crippen LogP contribution in [0.3, 0.4) is 0 Å². The van der Waals surface area contributed by atoms with Crippen molar-refractivity contribution in [3.63, 3.8) is 0 Å². The topological polar surface area (TPSA) is 104 Å². The summed E-state index contributed by atoms with van der Waals surface area (Å²) in [7, 11) is 1.81. The van der Waals surface area contributed by atoms with Gasteiger partial charge in [-0.05, 0) is 49.0 Å². The van der Waals surface area contributed by atoms with E-state index in [4.69, 9.17) is 9.15 Å². The van der Waals surface area contributed by atoms with Gasteiger partial charge in [0.25, 0.3) is 0 Å². The molecule has 0 radical (unpaired) electrons. The summed E-state index contributed by atoms with van der Waals surface area (Å²) in [5.74, 6) is -0.360. The van der Waals surface area contributed by atoms with Gasteiger partial charge in [-0.1, -0.05) is 0 Å². The summed E-state index contributed by atoms with van der Waals surface area (Å²) in [5, 5.41) is 6.34. The van der Waals surface area contributed by atoms with Gasteiger partial charge < -0.3 is 24.7 Å². The van der Waals surface area contributed by atoms with Crippen LogP contribution < -0.4 is 21.2 Å². The predicted molar refractivity (Wildman–Crippen MR) is 131 cm³/mol. The van der Waals surface area contributed by atoms with Crippen LogP contribution in [-0.2, 0) is 20.9 Å². The lowest BCUT2D eigenvalue weighted by Crippen LogP contribution is -2.36. The molecule has 9 heteroatoms. The Labute approximate surface area is 197 Å². The van der Waals surface area contributed by atoms with Gasteiger partial charge in [-0.25, -0.2) is 4.79 Å². The van der Waals surface area contributed by atoms with Gasteiger partial charge >= 0.3 is 5.63 Å². The Balaban J connectivity index is 1.38. The first-order valence-electron chi connectivity index (χ1n) is 11.1. The number of morpholine rings is 1. The van der Waals surface area contributed by atoms with Crippen molar-refractivity contribution >= 4 is 39.8 Å². The third kappa shape index (κ3) is 6.00. The van der Waals surface area contributed by atoms with Gasteiger partial charge in [-0.2, -0.15) is 0 Å². The second-order valence-electron chi connectivity index (χ2n) is 8.35. The molecular weight excluding hydrogens is 436 g/mol. The largest absolute Gasteiger partial charge is 0.423 e. The summed E-state index contributed by atoms with van der Waals surface area (Å²) >= 11 is 0. The number of carbonyl (C=O) groups excluding carboxylic acids is 2. The van der Waals surface area contributed by atoms with Crippen LogP contribution in [0, 0.1) is 0 Å². The molecule has 2 aromatic carbocycles. The van der Waals surface area contributed by atoms with Crippen molar-refractivity contribution < 1.29 is 18.7 Å². The molecule has 1 aliphatic rings. The number of benzene rings is 2. The quantitative estimate of drug-likeness (QED) is 0.518. The van der Waals surface area contributed by atoms with Crippen LogP contribution in [0.5, 0.6) is 0 Å². The highest BCUT2D eigenvalue weighted by molar-refractivity contribution is 5.93. The third-order valence-electron chi connectivity index (χ3n) is 5.53. The molecule has 4 rings (SSSR count). The number of hydrogen-bond donors (Lipinski definition) is 2. The molecule has 1 aliphatic heterocycles. The zero-order chi connectivity index (χ0) is 24.1. The van der Waals surface area contributed by atoms with E-state index in [9.17, 15) is 14.4 Å². The van der Waals surface area contributed by atoms with Gasteiger partial charge in [-0.3, -0.25) is 14.5 Å². The van der Waals surface area contributed by atoms with E-state index in [1.54, 1.807) is 18.2 Å². The number of carbonyl (C=O) groups is 2. The first kappa shape index (κ1) is 23.5. The summed E-state index contributed by atoms with van der Waals surface area (Å²) in [4.78, 5) is 40.0. The van der Waals surface area contributed by atoms with Crippen LogP contribution in [0.1, 0.15) is 12.5 Å². The lowest BCUT2D eigenvalue weighted by molar-refractivity contribution is -0.117. The molecule has 0 spiro atoms. The van der Waals surface area contributed by atoms with Crippen LogP contribution in [0.25, 0.3) is 11.0 Å². The van der Waals surface area contributed by atoms with Crippen LogP contribution in [0.15, 0.2) is 57.7 Å². The van der Waals surface area contributed by atoms with Crippen LogP contribution in [-0.4, -0.2) is 56.6 Å². The number of amides is 2. The van der Waals surface area contributed by atoms with Gasteiger partial charge in [0.05, 0.1) is 19.8 Å². The van der Waals surface area contributed by atoms with Gasteiger partial charge in [0.1, 0.15) is 5.58 Å². The second kappa shape index (κ2) is 10.5. The van der Waals surface area contributed by atoms with Crippen LogP contribution in [0.2, 0.25) is 0 Å². The molecule has 9 nitrogen and oxygen atoms in total. The Bertz CT molecular complexity index is 1230. The standard InChI is InChI=1S/C25H28N4O5/c1-17(30)26-20-5-8-22-18(13-25(32)34-23(22)14-20)15-28(2)16-24(31)27-19-3-6-21(7-4-19)29-9-11-33-12-10-29/h3-8,13-14H,9-12,15-16H2,1-2H3,(H,26,30)(H,27,31). The highest BCUT2D eigenvalue weighted by Crippen LogP contribution is 2.23. The van der Waals surface area contributed by atoms with Crippen molar-refractivity contribution in [2.45, 2.75) is 13.5 Å². The molecule has 1 saturated heterocycles. The molecule has 1 fully saturated rings. The third-order valence-corrected chi connectivity index (χ3v) is 5.53. The van der Waals surface area contributed by atoms with Crippen molar-refractivity contribution in [1.29, 1.82) is 0 Å². The Kier molecular flexibility index (Phi) is 7.24. The molecule has 1 aromatic heterocycles. The van der Waals surface area contributed by atoms with E-state index in [1.807, 2.05) is 36.2 Å². The number of nitrogens with one attached hydrogen (secondary N) is 2. The summed E-state index contributed by atoms with van der Waals surface area (Å²) in [6.45, 7) is 5.10. The number of hydrogen-bond acceptors (Lipinski definition) is 7. The SMILES string of the molecule is CC(=O)Nc1ccc2c(CN(C)CC(=O)Nc3ccc(N4CCOCC4)cc3)cc(=O)oc2c1. The summed E-state index contributed by atoms with van der Waals surface area (Å²) in [5.41, 5.74) is 3.02. The maximum absolute atomic E-state index is 12.6. The average molecular weight is 465 g/mol. The molecule has 0 bridgehead atoms. The minimum atomic E-state index is -0.485. The fraction of sp³-hybridized carbons (Fsp3) is 0.320. The summed E-state index contributed by atoms with van der Waals surface area (Å²) in [6.07, 6.45) is 0. The van der Waals surface area contributed by atoms with Crippen LogP contribution >= 0.6 is 0 Å². The lowest BCUT2D eigenvalue weighted by Gasteiger charge is -2.28. The average Bonchev–Trinajstić information content (AvgIpc) is 2.79. The van der Waals surface area contributed by atoms with E-state index in [1.165, 1.54) is 13.0 Å². The lowest BCUT2D eigenvalue weighted by atomic mass is 10.1. The van der Waals surface area contributed by atoms with Crippen molar-refractivity contribution in [3.8, 4) is 0 Å². The molecular formula is C25H28N4O5. The minimum absolute atomic E-state index is 0.150. The van der Waals surface area contributed by atoms with Crippen LogP contribution in [0.4, 0.5) is 17.1 Å². The molecule has 178 valence electrons. The van der Waals surface area contributed by atoms with Crippen molar-refractivity contribution in [2.75, 3.05) is 55.4 Å². The Morgan fingerprint density at radius 3 is 2.41 bits per heavy atom. The molecule has 3 aromatic rings. The highest BCUT2D eigenvalue weighted by Gasteiger charge is 2.14. The number of ether oxygens (including phenoxy) is 1. The zero-order valence-corrected chi connectivity index (χ0v) is 19.3. The molecule has 2 heterocycles. The second-order valence-corrected chi connectivity index (χ2v) is 8.35. The molecule has 2 N–H and O–H groups in total. The van der Waals surface area contributed by atoms with E-state index >= 15 is 0 Å². The fourth-order valence-corrected chi connectivity index (χ4v) is 4.01. The molecule has 0 unspecified atom stereocenters. The number of fused-ring (bicyclic) bond motifs is 1. The van der Waals surface area contributed by atoms with Crippen molar-refractivity contribution in [1.82, 2.24) is 4.90 Å². The molecule has 34 heavy (non-hydrogen) atoms. The van der Waals surface area contributed by atoms with E-state index in [0.717, 1.165) is 48.6 Å².